The van der Waals surface area contributed by atoms with Crippen LogP contribution in [0.3, 0.4) is 0 Å². The molecule has 0 saturated heterocycles. The Hall–Kier alpha value is -1.01. The van der Waals surface area contributed by atoms with Gasteiger partial charge in [-0.1, -0.05) is 31.5 Å². The second-order valence-corrected chi connectivity index (χ2v) is 6.43. The molecule has 0 bridgehead atoms. The normalized spacial score (nSPS) is 26.3. The first-order valence-corrected chi connectivity index (χ1v) is 8.34. The summed E-state index contributed by atoms with van der Waals surface area (Å²) in [5, 5.41) is 17.7. The lowest BCUT2D eigenvalue weighted by Gasteiger charge is -2.35. The van der Waals surface area contributed by atoms with Crippen LogP contribution in [0.1, 0.15) is 32.6 Å². The topological polar surface area (TPSA) is 70.1 Å². The van der Waals surface area contributed by atoms with Crippen molar-refractivity contribution >= 4 is 23.4 Å². The predicted octanol–water partition coefficient (Wildman–Crippen LogP) is 2.59. The molecule has 2 unspecified atom stereocenters. The molecule has 0 amide bonds. The van der Waals surface area contributed by atoms with Crippen LogP contribution in [-0.4, -0.2) is 40.5 Å². The summed E-state index contributed by atoms with van der Waals surface area (Å²) >= 11 is 1.51. The van der Waals surface area contributed by atoms with Gasteiger partial charge < -0.3 is 15.7 Å². The van der Waals surface area contributed by atoms with E-state index in [4.69, 9.17) is 0 Å². The van der Waals surface area contributed by atoms with Crippen LogP contribution in [0.5, 0.6) is 0 Å². The maximum absolute atomic E-state index is 10.6. The van der Waals surface area contributed by atoms with Crippen LogP contribution >= 0.6 is 11.8 Å². The molecule has 0 aromatic carbocycles. The molecule has 1 aliphatic rings. The summed E-state index contributed by atoms with van der Waals surface area (Å²) in [7, 11) is 1.84. The van der Waals surface area contributed by atoms with Gasteiger partial charge in [-0.3, -0.25) is 0 Å². The van der Waals surface area contributed by atoms with E-state index < -0.39 is 5.60 Å². The van der Waals surface area contributed by atoms with Crippen molar-refractivity contribution < 1.29 is 5.11 Å². The third-order valence-corrected chi connectivity index (χ3v) is 4.36. The van der Waals surface area contributed by atoms with Crippen molar-refractivity contribution in [2.24, 2.45) is 5.92 Å². The van der Waals surface area contributed by atoms with E-state index in [9.17, 15) is 5.11 Å². The maximum atomic E-state index is 10.6. The van der Waals surface area contributed by atoms with Crippen molar-refractivity contribution in [2.45, 2.75) is 43.4 Å². The lowest BCUT2D eigenvalue weighted by molar-refractivity contribution is -0.000836. The molecule has 3 N–H and O–H groups in total. The Morgan fingerprint density at radius 1 is 1.45 bits per heavy atom. The Bertz CT molecular complexity index is 435. The minimum absolute atomic E-state index is 0.547. The molecule has 2 atom stereocenters. The van der Waals surface area contributed by atoms with Gasteiger partial charge in [0.1, 0.15) is 11.6 Å². The molecule has 1 aromatic rings. The fourth-order valence-corrected chi connectivity index (χ4v) is 3.16. The zero-order chi connectivity index (χ0) is 14.6. The summed E-state index contributed by atoms with van der Waals surface area (Å²) in [5.74, 6) is 2.15. The van der Waals surface area contributed by atoms with Crippen LogP contribution in [0.15, 0.2) is 11.2 Å². The summed E-state index contributed by atoms with van der Waals surface area (Å²) in [6, 6.07) is 1.87. The Kier molecular flexibility index (Phi) is 5.10. The first-order chi connectivity index (χ1) is 9.54. The summed E-state index contributed by atoms with van der Waals surface area (Å²) in [6.45, 7) is 2.76. The largest absolute Gasteiger partial charge is 0.388 e. The number of nitrogens with zero attached hydrogens (tertiary/aromatic N) is 2. The molecule has 0 aliphatic heterocycles. The van der Waals surface area contributed by atoms with Crippen molar-refractivity contribution in [3.63, 3.8) is 0 Å². The van der Waals surface area contributed by atoms with Crippen LogP contribution in [0, 0.1) is 5.92 Å². The van der Waals surface area contributed by atoms with Crippen LogP contribution in [0.4, 0.5) is 11.6 Å². The summed E-state index contributed by atoms with van der Waals surface area (Å²) < 4.78 is 0. The Balaban J connectivity index is 2.02. The second-order valence-electron chi connectivity index (χ2n) is 5.65. The van der Waals surface area contributed by atoms with Gasteiger partial charge in [-0.05, 0) is 25.0 Å². The third kappa shape index (κ3) is 3.99. The van der Waals surface area contributed by atoms with Crippen LogP contribution in [0.25, 0.3) is 0 Å². The first-order valence-electron chi connectivity index (χ1n) is 7.12. The van der Waals surface area contributed by atoms with Gasteiger partial charge in [0.15, 0.2) is 5.16 Å². The highest BCUT2D eigenvalue weighted by Crippen LogP contribution is 2.32. The second kappa shape index (κ2) is 6.63. The number of aliphatic hydroxyl groups is 1. The summed E-state index contributed by atoms with van der Waals surface area (Å²) in [5.41, 5.74) is -0.609. The van der Waals surface area contributed by atoms with Crippen LogP contribution < -0.4 is 10.6 Å². The quantitative estimate of drug-likeness (QED) is 0.573. The predicted molar refractivity (Wildman–Crippen MR) is 84.4 cm³/mol. The average Bonchev–Trinajstić information content (AvgIpc) is 2.44. The molecular weight excluding hydrogens is 272 g/mol. The number of hydrogen-bond donors (Lipinski definition) is 3. The molecule has 1 heterocycles. The first kappa shape index (κ1) is 15.4. The molecule has 1 fully saturated rings. The molecule has 1 aliphatic carbocycles. The van der Waals surface area contributed by atoms with Gasteiger partial charge in [-0.15, -0.1) is 0 Å². The highest BCUT2D eigenvalue weighted by atomic mass is 32.2. The van der Waals surface area contributed by atoms with E-state index in [0.29, 0.717) is 12.5 Å². The smallest absolute Gasteiger partial charge is 0.191 e. The molecule has 112 valence electrons. The van der Waals surface area contributed by atoms with Crippen molar-refractivity contribution in [1.82, 2.24) is 9.97 Å². The van der Waals surface area contributed by atoms with Crippen LogP contribution in [0.2, 0.25) is 0 Å². The molecule has 5 nitrogen and oxygen atoms in total. The zero-order valence-corrected chi connectivity index (χ0v) is 13.3. The zero-order valence-electron chi connectivity index (χ0n) is 12.4. The minimum Gasteiger partial charge on any atom is -0.388 e. The van der Waals surface area contributed by atoms with Crippen LogP contribution in [-0.2, 0) is 0 Å². The molecule has 2 rings (SSSR count). The van der Waals surface area contributed by atoms with Gasteiger partial charge in [-0.25, -0.2) is 9.97 Å². The van der Waals surface area contributed by atoms with Gasteiger partial charge in [0, 0.05) is 19.7 Å². The number of thioether (sulfide) groups is 1. The number of rotatable bonds is 5. The molecule has 20 heavy (non-hydrogen) atoms. The number of aromatic nitrogens is 2. The molecule has 0 radical (unpaired) electrons. The maximum Gasteiger partial charge on any atom is 0.191 e. The van der Waals surface area contributed by atoms with Crippen molar-refractivity contribution in [2.75, 3.05) is 30.5 Å². The van der Waals surface area contributed by atoms with Crippen molar-refractivity contribution in [3.8, 4) is 0 Å². The molecular formula is C14H24N4OS. The SMILES string of the molecule is CNc1cc(NCC2(O)CCCC(C)C2)nc(SC)n1. The standard InChI is InChI=1S/C14H24N4OS/c1-10-5-4-6-14(19,8-10)9-16-12-7-11(15-2)17-13(18-12)20-3/h7,10,19H,4-6,8-9H2,1-3H3,(H2,15,16,17,18). The van der Waals surface area contributed by atoms with Crippen molar-refractivity contribution in [1.29, 1.82) is 0 Å². The average molecular weight is 296 g/mol. The molecule has 1 saturated carbocycles. The molecule has 0 spiro atoms. The van der Waals surface area contributed by atoms with Gasteiger partial charge in [0.2, 0.25) is 0 Å². The van der Waals surface area contributed by atoms with Gasteiger partial charge >= 0.3 is 0 Å². The molecule has 6 heteroatoms. The lowest BCUT2D eigenvalue weighted by Crippen LogP contribution is -2.41. The minimum atomic E-state index is -0.609. The highest BCUT2D eigenvalue weighted by molar-refractivity contribution is 7.98. The van der Waals surface area contributed by atoms with Gasteiger partial charge in [0.05, 0.1) is 5.60 Å². The van der Waals surface area contributed by atoms with E-state index in [1.807, 2.05) is 19.4 Å². The van der Waals surface area contributed by atoms with E-state index in [1.54, 1.807) is 0 Å². The van der Waals surface area contributed by atoms with E-state index >= 15 is 0 Å². The number of nitrogens with one attached hydrogen (secondary N) is 2. The van der Waals surface area contributed by atoms with E-state index in [-0.39, 0.29) is 0 Å². The summed E-state index contributed by atoms with van der Waals surface area (Å²) in [4.78, 5) is 8.76. The fourth-order valence-electron chi connectivity index (χ4n) is 2.78. The third-order valence-electron chi connectivity index (χ3n) is 3.81. The Labute approximate surface area is 125 Å². The highest BCUT2D eigenvalue weighted by Gasteiger charge is 2.32. The summed E-state index contributed by atoms with van der Waals surface area (Å²) in [6.07, 6.45) is 6.00. The fraction of sp³-hybridized carbons (Fsp3) is 0.714. The van der Waals surface area contributed by atoms with Crippen molar-refractivity contribution in [3.05, 3.63) is 6.07 Å². The van der Waals surface area contributed by atoms with E-state index in [2.05, 4.69) is 27.5 Å². The number of anilines is 2. The Morgan fingerprint density at radius 2 is 2.20 bits per heavy atom. The monoisotopic (exact) mass is 296 g/mol. The molecule has 1 aromatic heterocycles. The van der Waals surface area contributed by atoms with E-state index in [1.165, 1.54) is 18.2 Å². The van der Waals surface area contributed by atoms with Gasteiger partial charge in [-0.2, -0.15) is 0 Å². The Morgan fingerprint density at radius 3 is 2.85 bits per heavy atom. The lowest BCUT2D eigenvalue weighted by atomic mass is 9.79. The van der Waals surface area contributed by atoms with Gasteiger partial charge in [0.25, 0.3) is 0 Å². The van der Waals surface area contributed by atoms with E-state index in [0.717, 1.165) is 36.1 Å². The number of hydrogen-bond acceptors (Lipinski definition) is 6.